The van der Waals surface area contributed by atoms with Crippen LogP contribution in [0.5, 0.6) is 0 Å². The van der Waals surface area contributed by atoms with E-state index in [2.05, 4.69) is 5.32 Å². The Morgan fingerprint density at radius 2 is 2.24 bits per heavy atom. The van der Waals surface area contributed by atoms with Crippen molar-refractivity contribution < 1.29 is 13.9 Å². The van der Waals surface area contributed by atoms with Gasteiger partial charge in [0.15, 0.2) is 0 Å². The first-order valence-corrected chi connectivity index (χ1v) is 6.34. The minimum atomic E-state index is 0.689. The smallest absolute Gasteiger partial charge is 0.117 e. The van der Waals surface area contributed by atoms with Crippen LogP contribution in [-0.4, -0.2) is 33.0 Å². The Bertz CT molecular complexity index is 281. The zero-order valence-corrected chi connectivity index (χ0v) is 10.2. The number of hydrogen-bond acceptors (Lipinski definition) is 4. The molecule has 0 saturated carbocycles. The molecule has 0 atom stereocenters. The topological polar surface area (TPSA) is 43.6 Å². The molecule has 1 aliphatic rings. The van der Waals surface area contributed by atoms with Gasteiger partial charge in [-0.3, -0.25) is 0 Å². The predicted octanol–water partition coefficient (Wildman–Crippen LogP) is 1.81. The summed E-state index contributed by atoms with van der Waals surface area (Å²) in [4.78, 5) is 0. The molecule has 0 aliphatic carbocycles. The van der Waals surface area contributed by atoms with E-state index in [1.807, 2.05) is 12.1 Å². The number of nitrogens with one attached hydrogen (secondary N) is 1. The van der Waals surface area contributed by atoms with Crippen molar-refractivity contribution in [1.82, 2.24) is 5.32 Å². The molecule has 1 aliphatic heterocycles. The summed E-state index contributed by atoms with van der Waals surface area (Å²) in [5.74, 6) is 1.66. The fraction of sp³-hybridized carbons (Fsp3) is 0.692. The molecule has 4 heteroatoms. The van der Waals surface area contributed by atoms with Gasteiger partial charge in [0.25, 0.3) is 0 Å². The number of ether oxygens (including phenoxy) is 2. The van der Waals surface area contributed by atoms with E-state index in [-0.39, 0.29) is 0 Å². The van der Waals surface area contributed by atoms with Gasteiger partial charge in [0.2, 0.25) is 0 Å². The Morgan fingerprint density at radius 1 is 1.35 bits per heavy atom. The molecule has 0 amide bonds. The summed E-state index contributed by atoms with van der Waals surface area (Å²) in [7, 11) is 0. The highest BCUT2D eigenvalue weighted by Gasteiger charge is 2.13. The summed E-state index contributed by atoms with van der Waals surface area (Å²) in [6.45, 7) is 5.05. The van der Waals surface area contributed by atoms with E-state index in [1.165, 1.54) is 0 Å². The molecule has 0 radical (unpaired) electrons. The van der Waals surface area contributed by atoms with E-state index >= 15 is 0 Å². The molecule has 1 aromatic rings. The zero-order chi connectivity index (χ0) is 11.8. The van der Waals surface area contributed by atoms with E-state index < -0.39 is 0 Å². The molecule has 0 aromatic carbocycles. The molecular formula is C13H21NO3. The quantitative estimate of drug-likeness (QED) is 0.737. The molecule has 1 saturated heterocycles. The Hall–Kier alpha value is -0.840. The zero-order valence-electron chi connectivity index (χ0n) is 10.2. The monoisotopic (exact) mass is 239 g/mol. The molecule has 1 N–H and O–H groups in total. The summed E-state index contributed by atoms with van der Waals surface area (Å²) in [6, 6.07) is 3.87. The molecule has 1 aromatic heterocycles. The lowest BCUT2D eigenvalue weighted by atomic mass is 10.0. The average molecular weight is 239 g/mol. The molecule has 0 unspecified atom stereocenters. The second kappa shape index (κ2) is 7.48. The molecule has 1 fully saturated rings. The van der Waals surface area contributed by atoms with Crippen LogP contribution in [0.2, 0.25) is 0 Å². The number of rotatable bonds is 7. The van der Waals surface area contributed by atoms with Crippen LogP contribution in [0, 0.1) is 5.92 Å². The molecule has 96 valence electrons. The maximum absolute atomic E-state index is 5.64. The molecular weight excluding hydrogens is 218 g/mol. The van der Waals surface area contributed by atoms with Gasteiger partial charge >= 0.3 is 0 Å². The van der Waals surface area contributed by atoms with Crippen LogP contribution < -0.4 is 5.32 Å². The SMILES string of the molecule is c1coc(CNCCOCC2CCOCC2)c1. The maximum atomic E-state index is 5.64. The van der Waals surface area contributed by atoms with Gasteiger partial charge in [-0.15, -0.1) is 0 Å². The summed E-state index contributed by atoms with van der Waals surface area (Å²) < 4.78 is 16.2. The normalized spacial score (nSPS) is 17.4. The summed E-state index contributed by atoms with van der Waals surface area (Å²) in [5, 5.41) is 3.28. The van der Waals surface area contributed by atoms with Gasteiger partial charge in [-0.2, -0.15) is 0 Å². The van der Waals surface area contributed by atoms with Gasteiger partial charge in [-0.25, -0.2) is 0 Å². The highest BCUT2D eigenvalue weighted by atomic mass is 16.5. The van der Waals surface area contributed by atoms with E-state index in [0.29, 0.717) is 5.92 Å². The van der Waals surface area contributed by atoms with Gasteiger partial charge in [0, 0.05) is 26.4 Å². The van der Waals surface area contributed by atoms with Crippen LogP contribution in [0.25, 0.3) is 0 Å². The van der Waals surface area contributed by atoms with E-state index in [9.17, 15) is 0 Å². The van der Waals surface area contributed by atoms with Gasteiger partial charge in [-0.05, 0) is 30.9 Å². The third-order valence-electron chi connectivity index (χ3n) is 3.00. The second-order valence-electron chi connectivity index (χ2n) is 4.39. The highest BCUT2D eigenvalue weighted by molar-refractivity contribution is 4.97. The van der Waals surface area contributed by atoms with Crippen molar-refractivity contribution in [2.75, 3.05) is 33.0 Å². The average Bonchev–Trinajstić information content (AvgIpc) is 2.88. The van der Waals surface area contributed by atoms with Gasteiger partial charge in [0.05, 0.1) is 19.4 Å². The van der Waals surface area contributed by atoms with Crippen molar-refractivity contribution in [3.8, 4) is 0 Å². The first-order chi connectivity index (χ1) is 8.45. The third-order valence-corrected chi connectivity index (χ3v) is 3.00. The van der Waals surface area contributed by atoms with Gasteiger partial charge < -0.3 is 19.2 Å². The largest absolute Gasteiger partial charge is 0.468 e. The predicted molar refractivity (Wildman–Crippen MR) is 64.8 cm³/mol. The standard InChI is InChI=1S/C13H21NO3/c1-2-13(17-6-1)10-14-5-9-16-11-12-3-7-15-8-4-12/h1-2,6,12,14H,3-5,7-11H2. The van der Waals surface area contributed by atoms with Crippen LogP contribution in [0.3, 0.4) is 0 Å². The van der Waals surface area contributed by atoms with Crippen molar-refractivity contribution in [3.63, 3.8) is 0 Å². The van der Waals surface area contributed by atoms with E-state index in [4.69, 9.17) is 13.9 Å². The Kier molecular flexibility index (Phi) is 5.55. The van der Waals surface area contributed by atoms with Crippen molar-refractivity contribution >= 4 is 0 Å². The van der Waals surface area contributed by atoms with Crippen molar-refractivity contribution in [3.05, 3.63) is 24.2 Å². The lowest BCUT2D eigenvalue weighted by Gasteiger charge is -2.21. The molecule has 4 nitrogen and oxygen atoms in total. The Labute approximate surface area is 102 Å². The fourth-order valence-corrected chi connectivity index (χ4v) is 1.93. The molecule has 17 heavy (non-hydrogen) atoms. The first-order valence-electron chi connectivity index (χ1n) is 6.34. The molecule has 2 heterocycles. The third kappa shape index (κ3) is 4.89. The summed E-state index contributed by atoms with van der Waals surface area (Å²) in [5.41, 5.74) is 0. The minimum Gasteiger partial charge on any atom is -0.468 e. The number of furan rings is 1. The van der Waals surface area contributed by atoms with E-state index in [0.717, 1.165) is 58.1 Å². The van der Waals surface area contributed by atoms with Crippen LogP contribution in [-0.2, 0) is 16.0 Å². The van der Waals surface area contributed by atoms with Gasteiger partial charge in [-0.1, -0.05) is 0 Å². The first kappa shape index (κ1) is 12.6. The van der Waals surface area contributed by atoms with Crippen LogP contribution in [0.4, 0.5) is 0 Å². The van der Waals surface area contributed by atoms with Gasteiger partial charge in [0.1, 0.15) is 5.76 Å². The minimum absolute atomic E-state index is 0.689. The number of hydrogen-bond donors (Lipinski definition) is 1. The lowest BCUT2D eigenvalue weighted by Crippen LogP contribution is -2.23. The second-order valence-corrected chi connectivity index (χ2v) is 4.39. The lowest BCUT2D eigenvalue weighted by molar-refractivity contribution is 0.0213. The molecule has 2 rings (SSSR count). The van der Waals surface area contributed by atoms with Crippen molar-refractivity contribution in [2.24, 2.45) is 5.92 Å². The van der Waals surface area contributed by atoms with Crippen LogP contribution >= 0.6 is 0 Å². The van der Waals surface area contributed by atoms with Crippen LogP contribution in [0.15, 0.2) is 22.8 Å². The highest BCUT2D eigenvalue weighted by Crippen LogP contribution is 2.14. The Morgan fingerprint density at radius 3 is 3.00 bits per heavy atom. The summed E-state index contributed by atoms with van der Waals surface area (Å²) >= 11 is 0. The van der Waals surface area contributed by atoms with Crippen LogP contribution in [0.1, 0.15) is 18.6 Å². The molecule has 0 bridgehead atoms. The van der Waals surface area contributed by atoms with Crippen molar-refractivity contribution in [2.45, 2.75) is 19.4 Å². The maximum Gasteiger partial charge on any atom is 0.117 e. The molecule has 0 spiro atoms. The Balaban J connectivity index is 1.43. The summed E-state index contributed by atoms with van der Waals surface area (Å²) in [6.07, 6.45) is 3.97. The van der Waals surface area contributed by atoms with Crippen molar-refractivity contribution in [1.29, 1.82) is 0 Å². The fourth-order valence-electron chi connectivity index (χ4n) is 1.93. The van der Waals surface area contributed by atoms with E-state index in [1.54, 1.807) is 6.26 Å².